The molecule has 0 amide bonds. The Morgan fingerprint density at radius 1 is 1.60 bits per heavy atom. The van der Waals surface area contributed by atoms with E-state index in [2.05, 4.69) is 22.2 Å². The molecule has 1 aliphatic heterocycles. The van der Waals surface area contributed by atoms with Gasteiger partial charge >= 0.3 is 0 Å². The molecule has 0 saturated carbocycles. The fourth-order valence-electron chi connectivity index (χ4n) is 1.71. The fraction of sp³-hybridized carbons (Fsp3) is 0.600. The average molecular weight is 211 g/mol. The van der Waals surface area contributed by atoms with E-state index in [-0.39, 0.29) is 6.04 Å². The van der Waals surface area contributed by atoms with Crippen LogP contribution in [0.15, 0.2) is 12.4 Å². The lowest BCUT2D eigenvalue weighted by Gasteiger charge is -2.19. The second-order valence-electron chi connectivity index (χ2n) is 3.78. The Bertz CT molecular complexity index is 328. The van der Waals surface area contributed by atoms with E-state index in [1.54, 1.807) is 0 Å². The third-order valence-electron chi connectivity index (χ3n) is 2.68. The predicted molar refractivity (Wildman–Crippen MR) is 54.0 cm³/mol. The van der Waals surface area contributed by atoms with Crippen LogP contribution in [-0.4, -0.2) is 29.2 Å². The molecule has 1 N–H and O–H groups in total. The Kier molecular flexibility index (Phi) is 3.11. The molecular formula is C10H14FN3O. The molecule has 4 nitrogen and oxygen atoms in total. The Balaban J connectivity index is 1.95. The van der Waals surface area contributed by atoms with Gasteiger partial charge in [-0.3, -0.25) is 0 Å². The van der Waals surface area contributed by atoms with Gasteiger partial charge in [-0.25, -0.2) is 9.97 Å². The first-order valence-electron chi connectivity index (χ1n) is 5.07. The summed E-state index contributed by atoms with van der Waals surface area (Å²) < 4.78 is 18.1. The molecule has 15 heavy (non-hydrogen) atoms. The zero-order valence-corrected chi connectivity index (χ0v) is 8.61. The molecule has 2 unspecified atom stereocenters. The first-order chi connectivity index (χ1) is 7.25. The van der Waals surface area contributed by atoms with Gasteiger partial charge in [0.1, 0.15) is 12.1 Å². The zero-order chi connectivity index (χ0) is 10.7. The van der Waals surface area contributed by atoms with E-state index >= 15 is 0 Å². The quantitative estimate of drug-likeness (QED) is 0.769. The lowest BCUT2D eigenvalue weighted by atomic mass is 10.0. The minimum atomic E-state index is -0.512. The molecule has 5 heteroatoms. The second kappa shape index (κ2) is 4.53. The van der Waals surface area contributed by atoms with E-state index in [1.165, 1.54) is 12.4 Å². The van der Waals surface area contributed by atoms with Crippen molar-refractivity contribution < 1.29 is 9.13 Å². The summed E-state index contributed by atoms with van der Waals surface area (Å²) in [6.07, 6.45) is 2.26. The van der Waals surface area contributed by atoms with Gasteiger partial charge in [-0.15, -0.1) is 0 Å². The highest BCUT2D eigenvalue weighted by molar-refractivity contribution is 5.33. The van der Waals surface area contributed by atoms with Crippen LogP contribution >= 0.6 is 0 Å². The van der Waals surface area contributed by atoms with Gasteiger partial charge in [-0.05, 0) is 13.3 Å². The van der Waals surface area contributed by atoms with Crippen molar-refractivity contribution in [2.75, 3.05) is 18.5 Å². The largest absolute Gasteiger partial charge is 0.381 e. The SMILES string of the molecule is CC(Nc1cc(F)ncn1)C1CCOC1. The Morgan fingerprint density at radius 3 is 3.13 bits per heavy atom. The molecular weight excluding hydrogens is 197 g/mol. The van der Waals surface area contributed by atoms with Gasteiger partial charge in [0.25, 0.3) is 0 Å². The van der Waals surface area contributed by atoms with Crippen LogP contribution in [0.3, 0.4) is 0 Å². The maximum atomic E-state index is 12.8. The molecule has 0 aliphatic carbocycles. The van der Waals surface area contributed by atoms with Crippen molar-refractivity contribution in [1.82, 2.24) is 9.97 Å². The number of ether oxygens (including phenoxy) is 1. The highest BCUT2D eigenvalue weighted by Gasteiger charge is 2.22. The van der Waals surface area contributed by atoms with Gasteiger partial charge in [-0.1, -0.05) is 0 Å². The van der Waals surface area contributed by atoms with Crippen molar-refractivity contribution in [3.8, 4) is 0 Å². The summed E-state index contributed by atoms with van der Waals surface area (Å²) in [7, 11) is 0. The lowest BCUT2D eigenvalue weighted by Crippen LogP contribution is -2.26. The molecule has 0 radical (unpaired) electrons. The molecule has 82 valence electrons. The van der Waals surface area contributed by atoms with Crippen LogP contribution in [0, 0.1) is 11.9 Å². The van der Waals surface area contributed by atoms with Crippen molar-refractivity contribution in [3.63, 3.8) is 0 Å². The molecule has 2 atom stereocenters. The van der Waals surface area contributed by atoms with E-state index in [9.17, 15) is 4.39 Å². The Labute approximate surface area is 87.9 Å². The molecule has 1 saturated heterocycles. The summed E-state index contributed by atoms with van der Waals surface area (Å²) in [6.45, 7) is 3.63. The Hall–Kier alpha value is -1.23. The topological polar surface area (TPSA) is 47.0 Å². The highest BCUT2D eigenvalue weighted by atomic mass is 19.1. The molecule has 0 spiro atoms. The number of aromatic nitrogens is 2. The van der Waals surface area contributed by atoms with Crippen molar-refractivity contribution in [3.05, 3.63) is 18.3 Å². The first-order valence-corrected chi connectivity index (χ1v) is 5.07. The predicted octanol–water partition coefficient (Wildman–Crippen LogP) is 1.45. The number of hydrogen-bond acceptors (Lipinski definition) is 4. The van der Waals surface area contributed by atoms with Crippen LogP contribution in [0.2, 0.25) is 0 Å². The summed E-state index contributed by atoms with van der Waals surface area (Å²) in [5.41, 5.74) is 0. The number of hydrogen-bond donors (Lipinski definition) is 1. The molecule has 1 fully saturated rings. The molecule has 1 aromatic rings. The number of anilines is 1. The molecule has 2 heterocycles. The van der Waals surface area contributed by atoms with Gasteiger partial charge in [-0.2, -0.15) is 4.39 Å². The summed E-state index contributed by atoms with van der Waals surface area (Å²) in [5, 5.41) is 3.15. The van der Waals surface area contributed by atoms with Gasteiger partial charge < -0.3 is 10.1 Å². The van der Waals surface area contributed by atoms with Gasteiger partial charge in [0, 0.05) is 24.6 Å². The monoisotopic (exact) mass is 211 g/mol. The molecule has 0 aromatic carbocycles. The van der Waals surface area contributed by atoms with Gasteiger partial charge in [0.15, 0.2) is 0 Å². The molecule has 2 rings (SSSR count). The molecule has 1 aliphatic rings. The third kappa shape index (κ3) is 2.62. The Morgan fingerprint density at radius 2 is 2.47 bits per heavy atom. The maximum Gasteiger partial charge on any atom is 0.217 e. The van der Waals surface area contributed by atoms with Crippen molar-refractivity contribution in [2.45, 2.75) is 19.4 Å². The number of nitrogens with one attached hydrogen (secondary N) is 1. The van der Waals surface area contributed by atoms with Crippen LogP contribution in [-0.2, 0) is 4.74 Å². The van der Waals surface area contributed by atoms with Crippen molar-refractivity contribution >= 4 is 5.82 Å². The third-order valence-corrected chi connectivity index (χ3v) is 2.68. The summed E-state index contributed by atoms with van der Waals surface area (Å²) >= 11 is 0. The maximum absolute atomic E-state index is 12.8. The minimum absolute atomic E-state index is 0.238. The van der Waals surface area contributed by atoms with Gasteiger partial charge in [0.05, 0.1) is 6.61 Å². The van der Waals surface area contributed by atoms with Gasteiger partial charge in [0.2, 0.25) is 5.95 Å². The average Bonchev–Trinajstić information content (AvgIpc) is 2.70. The van der Waals surface area contributed by atoms with E-state index < -0.39 is 5.95 Å². The summed E-state index contributed by atoms with van der Waals surface area (Å²) in [6, 6.07) is 1.54. The van der Waals surface area contributed by atoms with Crippen LogP contribution in [0.4, 0.5) is 10.2 Å². The summed E-state index contributed by atoms with van der Waals surface area (Å²) in [5.74, 6) is 0.493. The fourth-order valence-corrected chi connectivity index (χ4v) is 1.71. The van der Waals surface area contributed by atoms with E-state index in [1.807, 2.05) is 0 Å². The van der Waals surface area contributed by atoms with Crippen LogP contribution in [0.5, 0.6) is 0 Å². The van der Waals surface area contributed by atoms with Crippen LogP contribution in [0.25, 0.3) is 0 Å². The lowest BCUT2D eigenvalue weighted by molar-refractivity contribution is 0.183. The minimum Gasteiger partial charge on any atom is -0.381 e. The van der Waals surface area contributed by atoms with E-state index in [0.29, 0.717) is 11.7 Å². The van der Waals surface area contributed by atoms with E-state index in [4.69, 9.17) is 4.74 Å². The normalized spacial score (nSPS) is 22.7. The summed E-state index contributed by atoms with van der Waals surface area (Å²) in [4.78, 5) is 7.35. The first kappa shape index (κ1) is 10.3. The molecule has 1 aromatic heterocycles. The molecule has 0 bridgehead atoms. The standard InChI is InChI=1S/C10H14FN3O/c1-7(8-2-3-15-5-8)14-10-4-9(11)12-6-13-10/h4,6-8H,2-3,5H2,1H3,(H,12,13,14). The second-order valence-corrected chi connectivity index (χ2v) is 3.78. The highest BCUT2D eigenvalue weighted by Crippen LogP contribution is 2.19. The van der Waals surface area contributed by atoms with Crippen LogP contribution < -0.4 is 5.32 Å². The number of nitrogens with zero attached hydrogens (tertiary/aromatic N) is 2. The zero-order valence-electron chi connectivity index (χ0n) is 8.61. The smallest absolute Gasteiger partial charge is 0.217 e. The van der Waals surface area contributed by atoms with Crippen molar-refractivity contribution in [2.24, 2.45) is 5.92 Å². The van der Waals surface area contributed by atoms with Crippen LogP contribution in [0.1, 0.15) is 13.3 Å². The number of rotatable bonds is 3. The number of halogens is 1. The van der Waals surface area contributed by atoms with Crippen molar-refractivity contribution in [1.29, 1.82) is 0 Å². The van der Waals surface area contributed by atoms with E-state index in [0.717, 1.165) is 19.6 Å².